The fourth-order valence-electron chi connectivity index (χ4n) is 0.445. The Morgan fingerprint density at radius 3 is 2.60 bits per heavy atom. The van der Waals surface area contributed by atoms with E-state index in [1.807, 2.05) is 0 Å². The minimum absolute atomic E-state index is 0. The molecule has 0 amide bonds. The Morgan fingerprint density at radius 2 is 2.30 bits per heavy atom. The molecule has 1 aromatic heterocycles. The molecule has 4 nitrogen and oxygen atoms in total. The first-order chi connectivity index (χ1) is 4.30. The number of aromatic nitrogens is 2. The highest BCUT2D eigenvalue weighted by atomic mass is 35.5. The van der Waals surface area contributed by atoms with Crippen LogP contribution < -0.4 is 5.73 Å². The molecule has 1 rings (SSSR count). The summed E-state index contributed by atoms with van der Waals surface area (Å²) in [5, 5.41) is 14.0. The van der Waals surface area contributed by atoms with E-state index in [1.165, 1.54) is 6.20 Å². The van der Waals surface area contributed by atoms with Gasteiger partial charge in [0, 0.05) is 6.20 Å². The van der Waals surface area contributed by atoms with Crippen LogP contribution in [0.5, 0.6) is 0 Å². The maximum Gasteiger partial charge on any atom is 0.143 e. The van der Waals surface area contributed by atoms with Gasteiger partial charge in [0.15, 0.2) is 0 Å². The minimum Gasteiger partial charge on any atom is -0.382 e. The molecule has 1 aromatic rings. The average Bonchev–Trinajstić information content (AvgIpc) is 1.90. The Labute approximate surface area is 64.4 Å². The predicted octanol–water partition coefficient (Wildman–Crippen LogP) is 0.182. The molecule has 0 bridgehead atoms. The molecule has 0 fully saturated rings. The van der Waals surface area contributed by atoms with Crippen LogP contribution in [-0.2, 0) is 0 Å². The van der Waals surface area contributed by atoms with Gasteiger partial charge in [-0.3, -0.25) is 5.41 Å². The highest BCUT2D eigenvalue weighted by Gasteiger charge is 1.92. The number of amidine groups is 1. The first-order valence-electron chi connectivity index (χ1n) is 2.43. The number of hydrogen-bond donors (Lipinski definition) is 2. The molecule has 0 radical (unpaired) electrons. The topological polar surface area (TPSA) is 75.7 Å². The summed E-state index contributed by atoms with van der Waals surface area (Å²) in [4.78, 5) is 0. The van der Waals surface area contributed by atoms with Crippen molar-refractivity contribution < 1.29 is 0 Å². The third-order valence-corrected chi connectivity index (χ3v) is 0.848. The molecule has 10 heavy (non-hydrogen) atoms. The first-order valence-corrected chi connectivity index (χ1v) is 2.43. The molecule has 0 aliphatic heterocycles. The van der Waals surface area contributed by atoms with Gasteiger partial charge >= 0.3 is 0 Å². The second-order valence-electron chi connectivity index (χ2n) is 1.52. The zero-order valence-corrected chi connectivity index (χ0v) is 5.93. The van der Waals surface area contributed by atoms with Crippen molar-refractivity contribution in [1.29, 1.82) is 5.41 Å². The summed E-state index contributed by atoms with van der Waals surface area (Å²) in [5.74, 6) is -0.0527. The second kappa shape index (κ2) is 3.79. The molecule has 1 heterocycles. The van der Waals surface area contributed by atoms with Crippen LogP contribution in [0.2, 0.25) is 0 Å². The summed E-state index contributed by atoms with van der Waals surface area (Å²) >= 11 is 0. The van der Waals surface area contributed by atoms with Crippen LogP contribution in [0.15, 0.2) is 18.3 Å². The second-order valence-corrected chi connectivity index (χ2v) is 1.52. The van der Waals surface area contributed by atoms with Gasteiger partial charge in [0.25, 0.3) is 0 Å². The molecular formula is C5H7ClN4. The molecule has 0 aliphatic rings. The van der Waals surface area contributed by atoms with E-state index in [1.54, 1.807) is 12.1 Å². The molecule has 0 aliphatic carbocycles. The van der Waals surface area contributed by atoms with Crippen molar-refractivity contribution in [1.82, 2.24) is 10.2 Å². The number of halogens is 1. The highest BCUT2D eigenvalue weighted by Crippen LogP contribution is 1.86. The Bertz CT molecular complexity index is 210. The molecule has 0 atom stereocenters. The van der Waals surface area contributed by atoms with Gasteiger partial charge in [-0.25, -0.2) is 0 Å². The van der Waals surface area contributed by atoms with Gasteiger partial charge in [0.05, 0.1) is 0 Å². The summed E-state index contributed by atoms with van der Waals surface area (Å²) in [7, 11) is 0. The van der Waals surface area contributed by atoms with E-state index in [0.29, 0.717) is 5.69 Å². The molecule has 0 unspecified atom stereocenters. The van der Waals surface area contributed by atoms with E-state index in [-0.39, 0.29) is 18.2 Å². The lowest BCUT2D eigenvalue weighted by molar-refractivity contribution is 1.01. The maximum atomic E-state index is 6.91. The van der Waals surface area contributed by atoms with E-state index < -0.39 is 0 Å². The van der Waals surface area contributed by atoms with Gasteiger partial charge in [-0.1, -0.05) is 0 Å². The van der Waals surface area contributed by atoms with Crippen LogP contribution in [0.1, 0.15) is 5.69 Å². The van der Waals surface area contributed by atoms with E-state index in [0.717, 1.165) is 0 Å². The lowest BCUT2D eigenvalue weighted by Crippen LogP contribution is -2.13. The first kappa shape index (κ1) is 8.84. The summed E-state index contributed by atoms with van der Waals surface area (Å²) in [6.07, 6.45) is 1.53. The number of nitrogens with zero attached hydrogens (tertiary/aromatic N) is 2. The van der Waals surface area contributed by atoms with Gasteiger partial charge < -0.3 is 5.73 Å². The van der Waals surface area contributed by atoms with Crippen molar-refractivity contribution in [2.75, 3.05) is 0 Å². The van der Waals surface area contributed by atoms with Gasteiger partial charge in [-0.15, -0.1) is 17.5 Å². The summed E-state index contributed by atoms with van der Waals surface area (Å²) in [6, 6.07) is 3.32. The van der Waals surface area contributed by atoms with Crippen LogP contribution in [0, 0.1) is 5.41 Å². The predicted molar refractivity (Wildman–Crippen MR) is 40.3 cm³/mol. The zero-order chi connectivity index (χ0) is 6.69. The SMILES string of the molecule is Cl.N=C(N)c1cccnn1. The van der Waals surface area contributed by atoms with Gasteiger partial charge in [0.1, 0.15) is 11.5 Å². The van der Waals surface area contributed by atoms with E-state index in [2.05, 4.69) is 10.2 Å². The molecule has 0 spiro atoms. The van der Waals surface area contributed by atoms with Crippen LogP contribution in [0.25, 0.3) is 0 Å². The maximum absolute atomic E-state index is 6.91. The van der Waals surface area contributed by atoms with Crippen molar-refractivity contribution in [3.8, 4) is 0 Å². The molecule has 0 aromatic carbocycles. The molecule has 5 heteroatoms. The fraction of sp³-hybridized carbons (Fsp3) is 0. The summed E-state index contributed by atoms with van der Waals surface area (Å²) in [6.45, 7) is 0. The molecular weight excluding hydrogens is 152 g/mol. The van der Waals surface area contributed by atoms with Crippen LogP contribution in [0.4, 0.5) is 0 Å². The Hall–Kier alpha value is -1.16. The van der Waals surface area contributed by atoms with E-state index in [4.69, 9.17) is 11.1 Å². The highest BCUT2D eigenvalue weighted by molar-refractivity contribution is 5.92. The Morgan fingerprint density at radius 1 is 1.60 bits per heavy atom. The normalized spacial score (nSPS) is 8.00. The smallest absolute Gasteiger partial charge is 0.143 e. The number of nitrogens with one attached hydrogen (secondary N) is 1. The minimum atomic E-state index is -0.0527. The molecule has 0 saturated heterocycles. The lowest BCUT2D eigenvalue weighted by Gasteiger charge is -1.90. The van der Waals surface area contributed by atoms with Crippen LogP contribution >= 0.6 is 12.4 Å². The Kier molecular flexibility index (Phi) is 3.35. The largest absolute Gasteiger partial charge is 0.382 e. The van der Waals surface area contributed by atoms with E-state index >= 15 is 0 Å². The number of nitrogen functional groups attached to an aromatic ring is 1. The number of hydrogen-bond acceptors (Lipinski definition) is 3. The van der Waals surface area contributed by atoms with Crippen LogP contribution in [0.3, 0.4) is 0 Å². The van der Waals surface area contributed by atoms with E-state index in [9.17, 15) is 0 Å². The van der Waals surface area contributed by atoms with Crippen LogP contribution in [-0.4, -0.2) is 16.0 Å². The molecule has 3 N–H and O–H groups in total. The van der Waals surface area contributed by atoms with Gasteiger partial charge in [-0.05, 0) is 12.1 Å². The molecule has 0 saturated carbocycles. The third kappa shape index (κ3) is 1.99. The summed E-state index contributed by atoms with van der Waals surface area (Å²) in [5.41, 5.74) is 5.51. The van der Waals surface area contributed by atoms with Crippen molar-refractivity contribution in [2.24, 2.45) is 5.73 Å². The van der Waals surface area contributed by atoms with Crippen molar-refractivity contribution in [3.05, 3.63) is 24.0 Å². The fourth-order valence-corrected chi connectivity index (χ4v) is 0.445. The summed E-state index contributed by atoms with van der Waals surface area (Å²) < 4.78 is 0. The lowest BCUT2D eigenvalue weighted by atomic mass is 10.4. The number of nitrogens with two attached hydrogens (primary N) is 1. The molecule has 54 valence electrons. The quantitative estimate of drug-likeness (QED) is 0.452. The number of rotatable bonds is 1. The van der Waals surface area contributed by atoms with Crippen molar-refractivity contribution in [2.45, 2.75) is 0 Å². The monoisotopic (exact) mass is 158 g/mol. The van der Waals surface area contributed by atoms with Crippen molar-refractivity contribution in [3.63, 3.8) is 0 Å². The third-order valence-electron chi connectivity index (χ3n) is 0.848. The standard InChI is InChI=1S/C5H6N4.ClH/c6-5(7)4-2-1-3-8-9-4;/h1-3H,(H3,6,7);1H. The average molecular weight is 159 g/mol. The zero-order valence-electron chi connectivity index (χ0n) is 5.11. The van der Waals surface area contributed by atoms with Gasteiger partial charge in [0.2, 0.25) is 0 Å². The van der Waals surface area contributed by atoms with Crippen molar-refractivity contribution >= 4 is 18.2 Å². The Balaban J connectivity index is 0.000000810. The van der Waals surface area contributed by atoms with Gasteiger partial charge in [-0.2, -0.15) is 5.10 Å².